The molecule has 6 aliphatic rings. The molecule has 8 bridgehead atoms. The fourth-order valence-electron chi connectivity index (χ4n) is 7.60. The minimum atomic E-state index is -5.76. The van der Waals surface area contributed by atoms with Gasteiger partial charge in [0.1, 0.15) is 19.9 Å². The predicted octanol–water partition coefficient (Wildman–Crippen LogP) is -1.74. The van der Waals surface area contributed by atoms with Gasteiger partial charge in [-0.3, -0.25) is 36.4 Å². The van der Waals surface area contributed by atoms with Crippen LogP contribution in [0.3, 0.4) is 0 Å². The van der Waals surface area contributed by atoms with Gasteiger partial charge < -0.3 is 0 Å². The number of aliphatic imine (C=N–C) groups is 8. The van der Waals surface area contributed by atoms with E-state index in [1.54, 1.807) is 0 Å². The summed E-state index contributed by atoms with van der Waals surface area (Å²) in [4.78, 5) is 22.6. The predicted molar refractivity (Wildman–Crippen MR) is 245 cm³/mol. The van der Waals surface area contributed by atoms with Gasteiger partial charge >= 0.3 is 17.4 Å². The Kier molecular flexibility index (Phi) is 12.2. The monoisotopic (exact) mass is 1180 g/mol. The third kappa shape index (κ3) is 9.46. The molecule has 0 amide bonds. The van der Waals surface area contributed by atoms with E-state index >= 15 is 0 Å². The molecular weight excluding hydrogens is 1160 g/mol. The molecule has 378 valence electrons. The van der Waals surface area contributed by atoms with Crippen molar-refractivity contribution in [3.8, 4) is 0 Å². The molecule has 5 heterocycles. The van der Waals surface area contributed by atoms with Crippen LogP contribution in [0.25, 0.3) is 0 Å². The molecule has 0 aromatic heterocycles. The number of benzene rings is 3. The standard InChI is InChI=1S/C32H18N8O24S8.Al/c41-65(42,43)9-1-13-21(17(5-9)69(53,54)55)29-33-25(13)37-30-22-14(2-10(66(44,45)46)6-18(22)70(56,57)58)27(34-30)39-32-24-16(4-12(68(50,51)52)8-20(24)72(62,63)64)28(36-32)40-31-23-15(26(35-31)38-29)3-11(67(47,48)49)7-19(23)71(59,60)61;/h1-7,12H,8H2,(H,41,42,43)(H,44,45,46)(H,47,48,49)(H,50,51,52)(H,53,54,55)(H,56,57,58)(H,59,60,61)(H,62,63,64);/q;+3. The zero-order valence-corrected chi connectivity index (χ0v) is 42.0. The molecule has 73 heavy (non-hydrogen) atoms. The minimum Gasteiger partial charge on any atom is -0.285 e. The minimum absolute atomic E-state index is 0. The summed E-state index contributed by atoms with van der Waals surface area (Å²) in [5.74, 6) is -8.66. The van der Waals surface area contributed by atoms with Gasteiger partial charge in [0.05, 0.1) is 36.3 Å². The maximum absolute atomic E-state index is 13.0. The van der Waals surface area contributed by atoms with Crippen LogP contribution in [-0.2, 0) is 80.9 Å². The average Bonchev–Trinajstić information content (AvgIpc) is 3.95. The number of rotatable bonds is 8. The summed E-state index contributed by atoms with van der Waals surface area (Å²) < 4.78 is 286. The van der Waals surface area contributed by atoms with Gasteiger partial charge in [-0.25, -0.2) is 39.9 Å². The Balaban J connectivity index is 0.00000711. The van der Waals surface area contributed by atoms with Crippen LogP contribution in [0.5, 0.6) is 0 Å². The van der Waals surface area contributed by atoms with Gasteiger partial charge in [-0.1, -0.05) is 6.08 Å². The van der Waals surface area contributed by atoms with Crippen LogP contribution in [0, 0.1) is 0 Å². The Morgan fingerprint density at radius 1 is 0.356 bits per heavy atom. The van der Waals surface area contributed by atoms with Gasteiger partial charge in [-0.05, 0) is 36.4 Å². The normalized spacial score (nSPS) is 18.8. The Morgan fingerprint density at radius 2 is 0.644 bits per heavy atom. The van der Waals surface area contributed by atoms with Crippen molar-refractivity contribution in [2.24, 2.45) is 39.9 Å². The first-order valence-corrected chi connectivity index (χ1v) is 29.8. The van der Waals surface area contributed by atoms with Crippen LogP contribution >= 0.6 is 0 Å². The largest absolute Gasteiger partial charge is 3.00 e. The number of fused-ring (bicyclic) bond motifs is 16. The van der Waals surface area contributed by atoms with Crippen LogP contribution in [-0.4, -0.2) is 173 Å². The number of hydrogen-bond donors (Lipinski definition) is 8. The maximum atomic E-state index is 13.0. The summed E-state index contributed by atoms with van der Waals surface area (Å²) in [5, 5.41) is -2.32. The molecule has 0 fully saturated rings. The van der Waals surface area contributed by atoms with Gasteiger partial charge in [0.15, 0.2) is 46.7 Å². The molecule has 3 aromatic carbocycles. The van der Waals surface area contributed by atoms with E-state index in [1.807, 2.05) is 0 Å². The first-order chi connectivity index (χ1) is 32.7. The van der Waals surface area contributed by atoms with Crippen molar-refractivity contribution < 1.29 is 104 Å². The van der Waals surface area contributed by atoms with E-state index < -0.39 is 218 Å². The topological polar surface area (TPSA) is 534 Å². The zero-order valence-electron chi connectivity index (χ0n) is 34.4. The Morgan fingerprint density at radius 3 is 0.932 bits per heavy atom. The molecular formula is C32H18AlN8O24S8+3. The van der Waals surface area contributed by atoms with Crippen LogP contribution in [0.2, 0.25) is 0 Å². The fraction of sp³-hybridized carbons (Fsp3) is 0.0625. The molecule has 41 heteroatoms. The van der Waals surface area contributed by atoms with Crippen molar-refractivity contribution in [3.05, 3.63) is 91.9 Å². The summed E-state index contributed by atoms with van der Waals surface area (Å²) in [6, 6.07) is 1.78. The van der Waals surface area contributed by atoms with Crippen LogP contribution in [0.1, 0.15) is 39.8 Å². The molecule has 32 nitrogen and oxygen atoms in total. The number of allylic oxidation sites excluding steroid dienone is 1. The van der Waals surface area contributed by atoms with Gasteiger partial charge in [0, 0.05) is 34.3 Å². The first kappa shape index (κ1) is 53.6. The molecule has 1 unspecified atom stereocenters. The molecule has 1 atom stereocenters. The summed E-state index contributed by atoms with van der Waals surface area (Å²) in [5.41, 5.74) is -7.54. The zero-order chi connectivity index (χ0) is 53.2. The van der Waals surface area contributed by atoms with Crippen molar-refractivity contribution in [1.82, 2.24) is 0 Å². The van der Waals surface area contributed by atoms with Crippen molar-refractivity contribution in [2.75, 3.05) is 0 Å². The number of amidine groups is 8. The maximum Gasteiger partial charge on any atom is 3.00 e. The van der Waals surface area contributed by atoms with Gasteiger partial charge in [0.2, 0.25) is 0 Å². The summed E-state index contributed by atoms with van der Waals surface area (Å²) in [6.45, 7) is 0. The van der Waals surface area contributed by atoms with Crippen molar-refractivity contribution in [1.29, 1.82) is 0 Å². The molecule has 3 aromatic rings. The summed E-state index contributed by atoms with van der Waals surface area (Å²) in [6.07, 6.45) is -0.757. The Labute approximate surface area is 418 Å². The van der Waals surface area contributed by atoms with Crippen molar-refractivity contribution >= 4 is 145 Å². The Hall–Kier alpha value is -5.69. The molecule has 0 saturated carbocycles. The Bertz CT molecular complexity index is 4550. The van der Waals surface area contributed by atoms with E-state index in [0.29, 0.717) is 24.3 Å². The summed E-state index contributed by atoms with van der Waals surface area (Å²) in [7, 11) is -44.9. The molecule has 9 rings (SSSR count). The molecule has 0 radical (unpaired) electrons. The van der Waals surface area contributed by atoms with E-state index in [-0.39, 0.29) is 35.6 Å². The molecule has 0 saturated heterocycles. The van der Waals surface area contributed by atoms with E-state index in [0.717, 1.165) is 0 Å². The third-order valence-electron chi connectivity index (χ3n) is 10.5. The van der Waals surface area contributed by atoms with E-state index in [4.69, 9.17) is 0 Å². The van der Waals surface area contributed by atoms with E-state index in [9.17, 15) is 104 Å². The second-order valence-corrected chi connectivity index (χ2v) is 26.5. The second kappa shape index (κ2) is 16.7. The second-order valence-electron chi connectivity index (χ2n) is 15.0. The van der Waals surface area contributed by atoms with Gasteiger partial charge in [-0.2, -0.15) is 67.3 Å². The smallest absolute Gasteiger partial charge is 0.285 e. The third-order valence-corrected chi connectivity index (χ3v) is 17.7. The van der Waals surface area contributed by atoms with Gasteiger partial charge in [-0.15, -0.1) is 0 Å². The number of hydrogen-bond acceptors (Lipinski definition) is 24. The van der Waals surface area contributed by atoms with E-state index in [1.165, 1.54) is 0 Å². The van der Waals surface area contributed by atoms with E-state index in [2.05, 4.69) is 39.9 Å². The SMILES string of the molecule is O=S(=O)(O)C1=C2C(=CC(S(=O)(=O)O)C1)C1=NC2=NC2=NC(=NC3=NC(=NC4=NC(=N1)c1c4cc(S(=O)(=O)O)cc1S(=O)(=O)O)c1c3cc(S(=O)(=O)O)cc1S(=O)(=O)O)c1c2cc(S(=O)(=O)O)cc1S(=O)(=O)O.[Al+3]. The summed E-state index contributed by atoms with van der Waals surface area (Å²) >= 11 is 0. The van der Waals surface area contributed by atoms with Crippen LogP contribution < -0.4 is 0 Å². The molecule has 5 aliphatic heterocycles. The molecule has 1 aliphatic carbocycles. The van der Waals surface area contributed by atoms with Crippen molar-refractivity contribution in [2.45, 2.75) is 41.0 Å². The van der Waals surface area contributed by atoms with Gasteiger partial charge in [0.25, 0.3) is 80.9 Å². The average molecular weight is 1180 g/mol. The first-order valence-electron chi connectivity index (χ1n) is 18.2. The molecule has 8 N–H and O–H groups in total. The van der Waals surface area contributed by atoms with Crippen LogP contribution in [0.15, 0.2) is 128 Å². The fourth-order valence-corrected chi connectivity index (χ4v) is 13.3. The van der Waals surface area contributed by atoms with Crippen molar-refractivity contribution in [3.63, 3.8) is 0 Å². The molecule has 0 spiro atoms. The van der Waals surface area contributed by atoms with Crippen LogP contribution in [0.4, 0.5) is 0 Å². The quantitative estimate of drug-likeness (QED) is 0.0917. The number of nitrogens with zero attached hydrogens (tertiary/aromatic N) is 8.